The van der Waals surface area contributed by atoms with Crippen LogP contribution in [0.5, 0.6) is 0 Å². The van der Waals surface area contributed by atoms with Gasteiger partial charge in [0, 0.05) is 33.3 Å². The number of methoxy groups -OCH3 is 1. The summed E-state index contributed by atoms with van der Waals surface area (Å²) in [6.45, 7) is 8.00. The Morgan fingerprint density at radius 2 is 2.05 bits per heavy atom. The van der Waals surface area contributed by atoms with E-state index in [1.54, 1.807) is 7.11 Å². The first-order valence-electron chi connectivity index (χ1n) is 9.02. The highest BCUT2D eigenvalue weighted by Gasteiger charge is 2.36. The van der Waals surface area contributed by atoms with Crippen LogP contribution in [0.25, 0.3) is 0 Å². The van der Waals surface area contributed by atoms with E-state index in [1.165, 1.54) is 58.0 Å². The number of rotatable bonds is 9. The smallest absolute Gasteiger partial charge is 0.0587 e. The van der Waals surface area contributed by atoms with Crippen molar-refractivity contribution in [2.45, 2.75) is 51.9 Å². The van der Waals surface area contributed by atoms with Gasteiger partial charge in [0.1, 0.15) is 0 Å². The summed E-state index contributed by atoms with van der Waals surface area (Å²) in [7, 11) is 4.13. The van der Waals surface area contributed by atoms with Crippen molar-refractivity contribution in [2.75, 3.05) is 46.9 Å². The second-order valence-corrected chi connectivity index (χ2v) is 7.86. The van der Waals surface area contributed by atoms with Gasteiger partial charge in [-0.1, -0.05) is 26.2 Å². The summed E-state index contributed by atoms with van der Waals surface area (Å²) >= 11 is 0. The quantitative estimate of drug-likeness (QED) is 0.662. The van der Waals surface area contributed by atoms with Crippen LogP contribution in [0, 0.1) is 17.3 Å². The lowest BCUT2D eigenvalue weighted by Crippen LogP contribution is -2.47. The molecule has 21 heavy (non-hydrogen) atoms. The minimum absolute atomic E-state index is 0.490. The van der Waals surface area contributed by atoms with Gasteiger partial charge in [-0.2, -0.15) is 0 Å². The van der Waals surface area contributed by atoms with Gasteiger partial charge >= 0.3 is 0 Å². The maximum atomic E-state index is 5.17. The molecule has 2 fully saturated rings. The number of nitrogens with zero attached hydrogens (tertiary/aromatic N) is 1. The van der Waals surface area contributed by atoms with Crippen LogP contribution in [0.3, 0.4) is 0 Å². The van der Waals surface area contributed by atoms with Gasteiger partial charge in [-0.05, 0) is 50.0 Å². The van der Waals surface area contributed by atoms with E-state index in [1.807, 2.05) is 0 Å². The zero-order chi connectivity index (χ0) is 15.1. The van der Waals surface area contributed by atoms with Crippen LogP contribution in [-0.4, -0.2) is 51.8 Å². The maximum absolute atomic E-state index is 5.17. The molecule has 0 aromatic rings. The molecule has 2 aliphatic rings. The van der Waals surface area contributed by atoms with Crippen molar-refractivity contribution in [1.82, 2.24) is 10.2 Å². The van der Waals surface area contributed by atoms with Crippen molar-refractivity contribution < 1.29 is 4.74 Å². The Morgan fingerprint density at radius 3 is 2.67 bits per heavy atom. The molecule has 0 bridgehead atoms. The van der Waals surface area contributed by atoms with Crippen LogP contribution in [0.2, 0.25) is 0 Å². The zero-order valence-electron chi connectivity index (χ0n) is 14.5. The minimum Gasteiger partial charge on any atom is -0.383 e. The van der Waals surface area contributed by atoms with Gasteiger partial charge in [0.15, 0.2) is 0 Å². The van der Waals surface area contributed by atoms with Crippen LogP contribution in [0.15, 0.2) is 0 Å². The molecule has 0 radical (unpaired) electrons. The molecule has 2 atom stereocenters. The van der Waals surface area contributed by atoms with Crippen molar-refractivity contribution in [3.8, 4) is 0 Å². The third-order valence-corrected chi connectivity index (χ3v) is 5.57. The van der Waals surface area contributed by atoms with Crippen LogP contribution >= 0.6 is 0 Å². The Hall–Kier alpha value is -0.120. The van der Waals surface area contributed by atoms with Gasteiger partial charge in [-0.15, -0.1) is 0 Å². The summed E-state index contributed by atoms with van der Waals surface area (Å²) in [5.74, 6) is 1.87. The molecule has 2 saturated carbocycles. The van der Waals surface area contributed by atoms with Crippen LogP contribution in [-0.2, 0) is 4.74 Å². The lowest BCUT2D eigenvalue weighted by molar-refractivity contribution is 0.0746. The topological polar surface area (TPSA) is 24.5 Å². The fourth-order valence-corrected chi connectivity index (χ4v) is 4.41. The Kier molecular flexibility index (Phi) is 6.97. The number of hydrogen-bond donors (Lipinski definition) is 1. The lowest BCUT2D eigenvalue weighted by Gasteiger charge is -2.44. The largest absolute Gasteiger partial charge is 0.383 e. The van der Waals surface area contributed by atoms with Crippen LogP contribution in [0.1, 0.15) is 51.9 Å². The molecule has 0 saturated heterocycles. The Bertz CT molecular complexity index is 293. The summed E-state index contributed by atoms with van der Waals surface area (Å²) in [6.07, 6.45) is 9.99. The van der Waals surface area contributed by atoms with Gasteiger partial charge in [0.2, 0.25) is 0 Å². The first kappa shape index (κ1) is 17.2. The molecule has 2 unspecified atom stereocenters. The monoisotopic (exact) mass is 296 g/mol. The van der Waals surface area contributed by atoms with E-state index in [9.17, 15) is 0 Å². The molecule has 2 aliphatic carbocycles. The summed E-state index contributed by atoms with van der Waals surface area (Å²) in [6, 6.07) is 0. The SMILES string of the molecule is COCCNCC1(CN(C)CC2CCC2)CCCC(C)C1. The van der Waals surface area contributed by atoms with E-state index in [4.69, 9.17) is 4.74 Å². The van der Waals surface area contributed by atoms with Gasteiger partial charge in [-0.25, -0.2) is 0 Å². The van der Waals surface area contributed by atoms with Crippen molar-refractivity contribution in [3.05, 3.63) is 0 Å². The van der Waals surface area contributed by atoms with Gasteiger partial charge in [0.25, 0.3) is 0 Å². The predicted molar refractivity (Wildman–Crippen MR) is 89.6 cm³/mol. The molecule has 0 aliphatic heterocycles. The molecule has 0 aromatic heterocycles. The summed E-state index contributed by atoms with van der Waals surface area (Å²) < 4.78 is 5.17. The Labute approximate surface area is 131 Å². The molecule has 2 rings (SSSR count). The van der Waals surface area contributed by atoms with Gasteiger partial charge in [0.05, 0.1) is 6.61 Å². The van der Waals surface area contributed by atoms with Crippen molar-refractivity contribution in [1.29, 1.82) is 0 Å². The maximum Gasteiger partial charge on any atom is 0.0587 e. The van der Waals surface area contributed by atoms with E-state index in [0.717, 1.165) is 31.5 Å². The zero-order valence-corrected chi connectivity index (χ0v) is 14.5. The fraction of sp³-hybridized carbons (Fsp3) is 1.00. The third-order valence-electron chi connectivity index (χ3n) is 5.57. The minimum atomic E-state index is 0.490. The van der Waals surface area contributed by atoms with Crippen molar-refractivity contribution in [3.63, 3.8) is 0 Å². The molecule has 124 valence electrons. The highest BCUT2D eigenvalue weighted by molar-refractivity contribution is 4.90. The second kappa shape index (κ2) is 8.50. The molecule has 0 aromatic carbocycles. The van der Waals surface area contributed by atoms with E-state index in [-0.39, 0.29) is 0 Å². The number of hydrogen-bond acceptors (Lipinski definition) is 3. The van der Waals surface area contributed by atoms with E-state index in [2.05, 4.69) is 24.2 Å². The molecule has 0 spiro atoms. The lowest BCUT2D eigenvalue weighted by atomic mass is 9.69. The van der Waals surface area contributed by atoms with E-state index < -0.39 is 0 Å². The summed E-state index contributed by atoms with van der Waals surface area (Å²) in [4.78, 5) is 2.62. The fourth-order valence-electron chi connectivity index (χ4n) is 4.41. The first-order chi connectivity index (χ1) is 10.1. The van der Waals surface area contributed by atoms with Crippen LogP contribution < -0.4 is 5.32 Å². The molecule has 1 N–H and O–H groups in total. The average molecular weight is 296 g/mol. The van der Waals surface area contributed by atoms with Gasteiger partial charge in [-0.3, -0.25) is 0 Å². The molecule has 0 heterocycles. The highest BCUT2D eigenvalue weighted by atomic mass is 16.5. The third kappa shape index (κ3) is 5.54. The standard InChI is InChI=1S/C18H36N2O/c1-16-6-5-9-18(12-16,14-19-10-11-21-3)15-20(2)13-17-7-4-8-17/h16-17,19H,4-15H2,1-3H3. The van der Waals surface area contributed by atoms with E-state index >= 15 is 0 Å². The highest BCUT2D eigenvalue weighted by Crippen LogP contribution is 2.40. The number of ether oxygens (including phenoxy) is 1. The molecule has 0 amide bonds. The Balaban J connectivity index is 1.83. The first-order valence-corrected chi connectivity index (χ1v) is 9.02. The number of nitrogens with one attached hydrogen (secondary N) is 1. The summed E-state index contributed by atoms with van der Waals surface area (Å²) in [5, 5.41) is 3.65. The summed E-state index contributed by atoms with van der Waals surface area (Å²) in [5.41, 5.74) is 0.490. The van der Waals surface area contributed by atoms with E-state index in [0.29, 0.717) is 5.41 Å². The van der Waals surface area contributed by atoms with Crippen molar-refractivity contribution in [2.24, 2.45) is 17.3 Å². The molecule has 3 nitrogen and oxygen atoms in total. The van der Waals surface area contributed by atoms with Crippen molar-refractivity contribution >= 4 is 0 Å². The molecular weight excluding hydrogens is 260 g/mol. The molecule has 3 heteroatoms. The molecular formula is C18H36N2O. The predicted octanol–water partition coefficient (Wildman–Crippen LogP) is 3.15. The Morgan fingerprint density at radius 1 is 1.24 bits per heavy atom. The van der Waals surface area contributed by atoms with Gasteiger partial charge < -0.3 is 15.0 Å². The normalized spacial score (nSPS) is 30.6. The second-order valence-electron chi connectivity index (χ2n) is 7.86. The average Bonchev–Trinajstić information content (AvgIpc) is 2.39. The van der Waals surface area contributed by atoms with Crippen LogP contribution in [0.4, 0.5) is 0 Å².